The summed E-state index contributed by atoms with van der Waals surface area (Å²) < 4.78 is 23.9. The smallest absolute Gasteiger partial charge is 0.190 e. The molecule has 0 spiro atoms. The minimum Gasteiger partial charge on any atom is -0.223 e. The maximum Gasteiger partial charge on any atom is 0.190 e. The number of hydrogen-bond donors (Lipinski definition) is 0. The number of aryl methyl sites for hydroxylation is 1. The van der Waals surface area contributed by atoms with Crippen molar-refractivity contribution < 1.29 is 8.42 Å². The highest BCUT2D eigenvalue weighted by Gasteiger charge is 2.31. The molecule has 2 nitrogen and oxygen atoms in total. The quantitative estimate of drug-likeness (QED) is 0.643. The third kappa shape index (κ3) is 1.02. The predicted octanol–water partition coefficient (Wildman–Crippen LogP) is 1.86. The summed E-state index contributed by atoms with van der Waals surface area (Å²) in [5.41, 5.74) is 1.01. The molecule has 0 aromatic carbocycles. The maximum absolute atomic E-state index is 11.7. The van der Waals surface area contributed by atoms with E-state index in [1.165, 1.54) is 11.3 Å². The maximum atomic E-state index is 11.7. The average molecular weight is 202 g/mol. The van der Waals surface area contributed by atoms with Gasteiger partial charge >= 0.3 is 0 Å². The monoisotopic (exact) mass is 202 g/mol. The zero-order valence-electron chi connectivity index (χ0n) is 6.78. The Kier molecular flexibility index (Phi) is 1.77. The average Bonchev–Trinajstić information content (AvgIpc) is 2.46. The van der Waals surface area contributed by atoms with Crippen LogP contribution in [0.5, 0.6) is 0 Å². The lowest BCUT2D eigenvalue weighted by atomic mass is 10.1. The normalized spacial score (nSPS) is 26.6. The zero-order chi connectivity index (χ0) is 8.77. The second kappa shape index (κ2) is 2.57. The van der Waals surface area contributed by atoms with E-state index in [1.807, 2.05) is 11.4 Å². The highest BCUT2D eigenvalue weighted by Crippen LogP contribution is 2.33. The van der Waals surface area contributed by atoms with Crippen LogP contribution in [0.15, 0.2) is 15.7 Å². The van der Waals surface area contributed by atoms with Gasteiger partial charge in [-0.25, -0.2) is 8.42 Å². The molecule has 0 fully saturated rings. The number of sulfone groups is 1. The van der Waals surface area contributed by atoms with Crippen LogP contribution in [0.2, 0.25) is 0 Å². The lowest BCUT2D eigenvalue weighted by Gasteiger charge is -2.18. The van der Waals surface area contributed by atoms with Crippen molar-refractivity contribution in [2.75, 3.05) is 0 Å². The van der Waals surface area contributed by atoms with Gasteiger partial charge in [-0.2, -0.15) is 0 Å². The van der Waals surface area contributed by atoms with Crippen molar-refractivity contribution in [1.29, 1.82) is 0 Å². The molecule has 0 saturated carbocycles. The van der Waals surface area contributed by atoms with Crippen LogP contribution in [0.1, 0.15) is 18.9 Å². The van der Waals surface area contributed by atoms with Crippen LogP contribution in [-0.2, 0) is 16.3 Å². The summed E-state index contributed by atoms with van der Waals surface area (Å²) in [6.07, 6.45) is 1.69. The molecule has 1 atom stereocenters. The van der Waals surface area contributed by atoms with E-state index in [0.717, 1.165) is 18.4 Å². The molecule has 1 aromatic heterocycles. The van der Waals surface area contributed by atoms with Gasteiger partial charge in [-0.3, -0.25) is 0 Å². The van der Waals surface area contributed by atoms with Crippen molar-refractivity contribution in [3.8, 4) is 0 Å². The van der Waals surface area contributed by atoms with E-state index in [4.69, 9.17) is 0 Å². The lowest BCUT2D eigenvalue weighted by Crippen LogP contribution is -2.23. The minimum absolute atomic E-state index is 0.191. The van der Waals surface area contributed by atoms with Gasteiger partial charge in [-0.05, 0) is 36.8 Å². The van der Waals surface area contributed by atoms with Crippen LogP contribution in [0, 0.1) is 0 Å². The Bertz CT molecular complexity index is 389. The molecule has 0 aliphatic carbocycles. The largest absolute Gasteiger partial charge is 0.223 e. The van der Waals surface area contributed by atoms with E-state index < -0.39 is 9.84 Å². The first kappa shape index (κ1) is 8.26. The van der Waals surface area contributed by atoms with E-state index in [9.17, 15) is 8.42 Å². The molecule has 0 radical (unpaired) electrons. The third-order valence-corrected chi connectivity index (χ3v) is 6.12. The van der Waals surface area contributed by atoms with Crippen molar-refractivity contribution in [1.82, 2.24) is 0 Å². The van der Waals surface area contributed by atoms with Crippen molar-refractivity contribution in [3.63, 3.8) is 0 Å². The van der Waals surface area contributed by atoms with Gasteiger partial charge in [0, 0.05) is 0 Å². The second-order valence-electron chi connectivity index (χ2n) is 3.13. The van der Waals surface area contributed by atoms with E-state index in [0.29, 0.717) is 4.21 Å². The van der Waals surface area contributed by atoms with Crippen LogP contribution < -0.4 is 0 Å². The summed E-state index contributed by atoms with van der Waals surface area (Å²) in [6.45, 7) is 1.79. The molecule has 1 aliphatic heterocycles. The molecule has 1 aliphatic rings. The van der Waals surface area contributed by atoms with E-state index in [2.05, 4.69) is 0 Å². The summed E-state index contributed by atoms with van der Waals surface area (Å²) >= 11 is 1.35. The van der Waals surface area contributed by atoms with Gasteiger partial charge in [0.25, 0.3) is 0 Å². The first-order valence-electron chi connectivity index (χ1n) is 3.92. The molecule has 12 heavy (non-hydrogen) atoms. The molecule has 0 N–H and O–H groups in total. The molecular weight excluding hydrogens is 192 g/mol. The number of rotatable bonds is 0. The Morgan fingerprint density at radius 2 is 2.33 bits per heavy atom. The first-order chi connectivity index (χ1) is 5.62. The molecule has 4 heteroatoms. The Hall–Kier alpha value is -0.350. The summed E-state index contributed by atoms with van der Waals surface area (Å²) in [7, 11) is -2.96. The number of fused-ring (bicyclic) bond motifs is 1. The topological polar surface area (TPSA) is 34.1 Å². The molecule has 1 aromatic rings. The van der Waals surface area contributed by atoms with Gasteiger partial charge in [0.05, 0.1) is 5.25 Å². The fourth-order valence-electron chi connectivity index (χ4n) is 1.45. The predicted molar refractivity (Wildman–Crippen MR) is 49.3 cm³/mol. The van der Waals surface area contributed by atoms with Crippen LogP contribution in [0.4, 0.5) is 0 Å². The highest BCUT2D eigenvalue weighted by atomic mass is 32.2. The SMILES string of the molecule is C[C@H]1CCc2ccsc2S1(=O)=O. The van der Waals surface area contributed by atoms with Gasteiger partial charge in [0.1, 0.15) is 4.21 Å². The number of thiophene rings is 1. The fraction of sp³-hybridized carbons (Fsp3) is 0.500. The molecule has 2 heterocycles. The molecule has 66 valence electrons. The highest BCUT2D eigenvalue weighted by molar-refractivity contribution is 7.94. The van der Waals surface area contributed by atoms with Crippen molar-refractivity contribution in [2.24, 2.45) is 0 Å². The van der Waals surface area contributed by atoms with Crippen molar-refractivity contribution >= 4 is 21.2 Å². The summed E-state index contributed by atoms with van der Waals surface area (Å²) in [5.74, 6) is 0. The standard InChI is InChI=1S/C8H10O2S2/c1-6-2-3-7-4-5-11-8(7)12(6,9)10/h4-6H,2-3H2,1H3/t6-/m0/s1. The Morgan fingerprint density at radius 1 is 1.58 bits per heavy atom. The van der Waals surface area contributed by atoms with Crippen LogP contribution in [-0.4, -0.2) is 13.7 Å². The summed E-state index contributed by atoms with van der Waals surface area (Å²) in [5, 5.41) is 1.67. The zero-order valence-corrected chi connectivity index (χ0v) is 8.41. The van der Waals surface area contributed by atoms with Gasteiger partial charge in [-0.1, -0.05) is 0 Å². The molecule has 0 amide bonds. The van der Waals surface area contributed by atoms with Crippen LogP contribution in [0.3, 0.4) is 0 Å². The minimum atomic E-state index is -2.96. The van der Waals surface area contributed by atoms with E-state index in [-0.39, 0.29) is 5.25 Å². The lowest BCUT2D eigenvalue weighted by molar-refractivity contribution is 0.570. The first-order valence-corrected chi connectivity index (χ1v) is 6.35. The van der Waals surface area contributed by atoms with E-state index in [1.54, 1.807) is 6.92 Å². The third-order valence-electron chi connectivity index (χ3n) is 2.31. The summed E-state index contributed by atoms with van der Waals surface area (Å²) in [4.78, 5) is 0. The van der Waals surface area contributed by atoms with Gasteiger partial charge in [-0.15, -0.1) is 11.3 Å². The molecule has 0 unspecified atom stereocenters. The van der Waals surface area contributed by atoms with Crippen molar-refractivity contribution in [2.45, 2.75) is 29.2 Å². The Balaban J connectivity index is 2.65. The van der Waals surface area contributed by atoms with Gasteiger partial charge in [0.15, 0.2) is 9.84 Å². The van der Waals surface area contributed by atoms with E-state index >= 15 is 0 Å². The molecule has 0 saturated heterocycles. The van der Waals surface area contributed by atoms with Gasteiger partial charge < -0.3 is 0 Å². The van der Waals surface area contributed by atoms with Crippen LogP contribution in [0.25, 0.3) is 0 Å². The van der Waals surface area contributed by atoms with Crippen molar-refractivity contribution in [3.05, 3.63) is 17.0 Å². The van der Waals surface area contributed by atoms with Gasteiger partial charge in [0.2, 0.25) is 0 Å². The summed E-state index contributed by atoms with van der Waals surface area (Å²) in [6, 6.07) is 1.92. The molecule has 0 bridgehead atoms. The Labute approximate surface area is 76.2 Å². The molecule has 2 rings (SSSR count). The molecular formula is C8H10O2S2. The number of hydrogen-bond acceptors (Lipinski definition) is 3. The second-order valence-corrected chi connectivity index (χ2v) is 6.61. The Morgan fingerprint density at radius 3 is 3.08 bits per heavy atom. The van der Waals surface area contributed by atoms with Crippen LogP contribution >= 0.6 is 11.3 Å². The fourth-order valence-corrected chi connectivity index (χ4v) is 4.66.